The van der Waals surface area contributed by atoms with Gasteiger partial charge in [0, 0.05) is 25.7 Å². The molecule has 2 unspecified atom stereocenters. The van der Waals surface area contributed by atoms with Gasteiger partial charge in [0.1, 0.15) is 11.7 Å². The Labute approximate surface area is 131 Å². The van der Waals surface area contributed by atoms with Crippen LogP contribution in [0.15, 0.2) is 12.4 Å². The Morgan fingerprint density at radius 1 is 1.26 bits per heavy atom. The lowest BCUT2D eigenvalue weighted by Gasteiger charge is -2.40. The van der Waals surface area contributed by atoms with E-state index in [1.54, 1.807) is 6.92 Å². The third-order valence-electron chi connectivity index (χ3n) is 3.63. The highest BCUT2D eigenvalue weighted by Gasteiger charge is 2.48. The van der Waals surface area contributed by atoms with Gasteiger partial charge in [-0.05, 0) is 19.8 Å². The number of alkyl halides is 3. The van der Waals surface area contributed by atoms with Gasteiger partial charge in [-0.3, -0.25) is 14.6 Å². The number of nitrogens with one attached hydrogen (secondary N) is 1. The molecule has 1 N–H and O–H groups in total. The van der Waals surface area contributed by atoms with E-state index in [0.717, 1.165) is 11.1 Å². The second kappa shape index (κ2) is 6.51. The van der Waals surface area contributed by atoms with E-state index < -0.39 is 24.2 Å². The number of aryl methyl sites for hydroxylation is 1. The molecule has 1 fully saturated rings. The molecule has 1 aromatic heterocycles. The predicted molar refractivity (Wildman–Crippen MR) is 74.5 cm³/mol. The van der Waals surface area contributed by atoms with Crippen LogP contribution in [0, 0.1) is 6.92 Å². The number of hydrogen-bond acceptors (Lipinski definition) is 4. The van der Waals surface area contributed by atoms with Crippen LogP contribution < -0.4 is 5.32 Å². The average Bonchev–Trinajstić information content (AvgIpc) is 2.45. The largest absolute Gasteiger partial charge is 0.408 e. The maximum Gasteiger partial charge on any atom is 0.408 e. The quantitative estimate of drug-likeness (QED) is 0.891. The molecule has 0 radical (unpaired) electrons. The first-order valence-electron chi connectivity index (χ1n) is 7.12. The second-order valence-corrected chi connectivity index (χ2v) is 5.53. The zero-order valence-electron chi connectivity index (χ0n) is 12.7. The van der Waals surface area contributed by atoms with Crippen molar-refractivity contribution in [2.24, 2.45) is 0 Å². The molecule has 6 nitrogen and oxygen atoms in total. The van der Waals surface area contributed by atoms with Gasteiger partial charge in [-0.25, -0.2) is 4.98 Å². The number of nitrogens with zero attached hydrogens (tertiary/aromatic N) is 3. The fourth-order valence-electron chi connectivity index (χ4n) is 2.59. The molecule has 0 aliphatic carbocycles. The van der Waals surface area contributed by atoms with E-state index in [0.29, 0.717) is 5.69 Å². The van der Waals surface area contributed by atoms with E-state index >= 15 is 0 Å². The van der Waals surface area contributed by atoms with Crippen LogP contribution in [0.25, 0.3) is 0 Å². The Morgan fingerprint density at radius 3 is 2.48 bits per heavy atom. The highest BCUT2D eigenvalue weighted by atomic mass is 19.4. The van der Waals surface area contributed by atoms with Crippen molar-refractivity contribution >= 4 is 11.8 Å². The van der Waals surface area contributed by atoms with Crippen LogP contribution in [0.2, 0.25) is 0 Å². The summed E-state index contributed by atoms with van der Waals surface area (Å²) in [6, 6.07) is -2.39. The van der Waals surface area contributed by atoms with E-state index in [-0.39, 0.29) is 31.0 Å². The Kier molecular flexibility index (Phi) is 4.86. The molecule has 0 bridgehead atoms. The van der Waals surface area contributed by atoms with Crippen LogP contribution in [0.4, 0.5) is 13.2 Å². The number of carbonyl (C=O) groups is 2. The van der Waals surface area contributed by atoms with Crippen molar-refractivity contribution in [1.82, 2.24) is 20.2 Å². The lowest BCUT2D eigenvalue weighted by molar-refractivity contribution is -0.184. The molecule has 0 aromatic carbocycles. The number of halogens is 3. The third kappa shape index (κ3) is 4.17. The minimum atomic E-state index is -4.53. The van der Waals surface area contributed by atoms with Crippen molar-refractivity contribution in [3.63, 3.8) is 0 Å². The molecule has 23 heavy (non-hydrogen) atoms. The summed E-state index contributed by atoms with van der Waals surface area (Å²) in [5, 5.41) is 2.56. The summed E-state index contributed by atoms with van der Waals surface area (Å²) < 4.78 is 39.6. The normalized spacial score (nSPS) is 21.9. The van der Waals surface area contributed by atoms with Gasteiger partial charge in [-0.1, -0.05) is 0 Å². The fraction of sp³-hybridized carbons (Fsp3) is 0.571. The number of aromatic nitrogens is 2. The van der Waals surface area contributed by atoms with Crippen molar-refractivity contribution in [1.29, 1.82) is 0 Å². The number of rotatable bonds is 2. The van der Waals surface area contributed by atoms with Gasteiger partial charge >= 0.3 is 6.18 Å². The van der Waals surface area contributed by atoms with Crippen molar-refractivity contribution in [2.45, 2.75) is 44.9 Å². The highest BCUT2D eigenvalue weighted by Crippen LogP contribution is 2.32. The molecule has 2 atom stereocenters. The Morgan fingerprint density at radius 2 is 1.96 bits per heavy atom. The molecule has 1 aliphatic rings. The number of piperidine rings is 1. The summed E-state index contributed by atoms with van der Waals surface area (Å²) in [7, 11) is 0. The zero-order chi connectivity index (χ0) is 17.2. The van der Waals surface area contributed by atoms with Gasteiger partial charge < -0.3 is 10.2 Å². The molecule has 0 saturated carbocycles. The molecule has 2 amide bonds. The maximum absolute atomic E-state index is 13.2. The summed E-state index contributed by atoms with van der Waals surface area (Å²) in [4.78, 5) is 32.0. The lowest BCUT2D eigenvalue weighted by atomic mass is 9.97. The van der Waals surface area contributed by atoms with Gasteiger partial charge in [0.25, 0.3) is 5.91 Å². The lowest BCUT2D eigenvalue weighted by Crippen LogP contribution is -2.58. The molecule has 9 heteroatoms. The predicted octanol–water partition coefficient (Wildman–Crippen LogP) is 1.46. The first-order chi connectivity index (χ1) is 10.7. The maximum atomic E-state index is 13.2. The Balaban J connectivity index is 2.25. The minimum Gasteiger partial charge on any atom is -0.352 e. The molecule has 1 aliphatic heterocycles. The summed E-state index contributed by atoms with van der Waals surface area (Å²) in [6.45, 7) is 2.74. The molecule has 2 rings (SSSR count). The molecule has 1 aromatic rings. The number of likely N-dealkylation sites (tertiary alicyclic amines) is 1. The molecular weight excluding hydrogens is 313 g/mol. The topological polar surface area (TPSA) is 75.2 Å². The van der Waals surface area contributed by atoms with Crippen LogP contribution in [-0.4, -0.2) is 51.5 Å². The zero-order valence-corrected chi connectivity index (χ0v) is 12.7. The average molecular weight is 330 g/mol. The minimum absolute atomic E-state index is 0.145. The SMILES string of the molecule is CC(=O)NC1CCC(C(F)(F)F)N(C(=O)c2cnc(C)cn2)C1. The Bertz CT molecular complexity index is 589. The molecule has 0 spiro atoms. The van der Waals surface area contributed by atoms with Crippen LogP contribution in [0.1, 0.15) is 35.9 Å². The van der Waals surface area contributed by atoms with Crippen LogP contribution in [0.5, 0.6) is 0 Å². The molecule has 2 heterocycles. The Hall–Kier alpha value is -2.19. The monoisotopic (exact) mass is 330 g/mol. The first kappa shape index (κ1) is 17.2. The number of amides is 2. The van der Waals surface area contributed by atoms with Crippen molar-refractivity contribution in [2.75, 3.05) is 6.54 Å². The summed E-state index contributed by atoms with van der Waals surface area (Å²) in [6.07, 6.45) is -2.15. The van der Waals surface area contributed by atoms with E-state index in [4.69, 9.17) is 0 Å². The van der Waals surface area contributed by atoms with Crippen molar-refractivity contribution < 1.29 is 22.8 Å². The summed E-state index contributed by atoms with van der Waals surface area (Å²) in [5.74, 6) is -1.18. The van der Waals surface area contributed by atoms with Gasteiger partial charge in [0.15, 0.2) is 0 Å². The third-order valence-corrected chi connectivity index (χ3v) is 3.63. The molecule has 1 saturated heterocycles. The van der Waals surface area contributed by atoms with Crippen LogP contribution in [-0.2, 0) is 4.79 Å². The summed E-state index contributed by atoms with van der Waals surface area (Å²) >= 11 is 0. The van der Waals surface area contributed by atoms with Gasteiger partial charge in [0.2, 0.25) is 5.91 Å². The molecule has 126 valence electrons. The van der Waals surface area contributed by atoms with Gasteiger partial charge in [-0.2, -0.15) is 13.2 Å². The second-order valence-electron chi connectivity index (χ2n) is 5.53. The smallest absolute Gasteiger partial charge is 0.352 e. The highest BCUT2D eigenvalue weighted by molar-refractivity contribution is 5.92. The standard InChI is InChI=1S/C14H17F3N4O2/c1-8-5-19-11(6-18-8)13(23)21-7-10(20-9(2)22)3-4-12(21)14(15,16)17/h5-6,10,12H,3-4,7H2,1-2H3,(H,20,22). The van der Waals surface area contributed by atoms with E-state index in [9.17, 15) is 22.8 Å². The van der Waals surface area contributed by atoms with Crippen molar-refractivity contribution in [3.8, 4) is 0 Å². The first-order valence-corrected chi connectivity index (χ1v) is 7.12. The van der Waals surface area contributed by atoms with Gasteiger partial charge in [-0.15, -0.1) is 0 Å². The number of carbonyl (C=O) groups excluding carboxylic acids is 2. The summed E-state index contributed by atoms with van der Waals surface area (Å²) in [5.41, 5.74) is 0.414. The van der Waals surface area contributed by atoms with Gasteiger partial charge in [0.05, 0.1) is 11.9 Å². The van der Waals surface area contributed by atoms with E-state index in [1.807, 2.05) is 0 Å². The van der Waals surface area contributed by atoms with Crippen LogP contribution in [0.3, 0.4) is 0 Å². The molecular formula is C14H17F3N4O2. The number of hydrogen-bond donors (Lipinski definition) is 1. The fourth-order valence-corrected chi connectivity index (χ4v) is 2.59. The van der Waals surface area contributed by atoms with Crippen LogP contribution >= 0.6 is 0 Å². The van der Waals surface area contributed by atoms with E-state index in [1.165, 1.54) is 13.1 Å². The van der Waals surface area contributed by atoms with E-state index in [2.05, 4.69) is 15.3 Å². The van der Waals surface area contributed by atoms with Crippen molar-refractivity contribution in [3.05, 3.63) is 23.8 Å².